The maximum Gasteiger partial charge on any atom is 0.223 e. The van der Waals surface area contributed by atoms with Gasteiger partial charge in [0.1, 0.15) is 5.75 Å². The van der Waals surface area contributed by atoms with Crippen LogP contribution >= 0.6 is 11.3 Å². The summed E-state index contributed by atoms with van der Waals surface area (Å²) in [6, 6.07) is 21.9. The van der Waals surface area contributed by atoms with Gasteiger partial charge in [0.25, 0.3) is 0 Å². The molecule has 2 aromatic carbocycles. The molecule has 1 saturated heterocycles. The molecule has 0 aliphatic carbocycles. The van der Waals surface area contributed by atoms with E-state index in [1.165, 1.54) is 4.88 Å². The highest BCUT2D eigenvalue weighted by molar-refractivity contribution is 7.09. The smallest absolute Gasteiger partial charge is 0.223 e. The lowest BCUT2D eigenvalue weighted by Crippen LogP contribution is -2.22. The number of carbonyl (C=O) groups is 1. The van der Waals surface area contributed by atoms with Crippen molar-refractivity contribution >= 4 is 17.2 Å². The van der Waals surface area contributed by atoms with Crippen LogP contribution in [0.25, 0.3) is 0 Å². The number of thiophene rings is 1. The third-order valence-corrected chi connectivity index (χ3v) is 6.90. The topological polar surface area (TPSA) is 58.6 Å². The van der Waals surface area contributed by atoms with Gasteiger partial charge in [-0.05, 0) is 54.0 Å². The van der Waals surface area contributed by atoms with Gasteiger partial charge in [-0.3, -0.25) is 4.79 Å². The fourth-order valence-corrected chi connectivity index (χ4v) is 4.91. The Labute approximate surface area is 187 Å². The van der Waals surface area contributed by atoms with Gasteiger partial charge in [0.2, 0.25) is 5.91 Å². The molecule has 4 nitrogen and oxygen atoms in total. The number of hydrogen-bond acceptors (Lipinski definition) is 4. The molecule has 0 bridgehead atoms. The second-order valence-corrected chi connectivity index (χ2v) is 9.20. The number of hydrogen-bond donors (Lipinski definition) is 2. The van der Waals surface area contributed by atoms with E-state index >= 15 is 0 Å². The first-order valence-corrected chi connectivity index (χ1v) is 11.8. The lowest BCUT2D eigenvalue weighted by molar-refractivity contribution is -0.123. The normalized spacial score (nSPS) is 19.2. The van der Waals surface area contributed by atoms with Crippen LogP contribution in [0.2, 0.25) is 0 Å². The summed E-state index contributed by atoms with van der Waals surface area (Å²) >= 11 is 1.77. The SMILES string of the molecule is O=C1NC[C@H](COc2ccc(C(O)Cc3ccccc3)cc2)[C@H]1CCCc1cccs1. The number of aliphatic hydroxyl groups is 1. The van der Waals surface area contributed by atoms with Crippen LogP contribution in [-0.4, -0.2) is 24.2 Å². The molecule has 31 heavy (non-hydrogen) atoms. The van der Waals surface area contributed by atoms with E-state index in [9.17, 15) is 9.90 Å². The number of ether oxygens (including phenoxy) is 1. The Hall–Kier alpha value is -2.63. The lowest BCUT2D eigenvalue weighted by Gasteiger charge is -2.18. The third-order valence-electron chi connectivity index (χ3n) is 5.96. The number of aliphatic hydroxyl groups excluding tert-OH is 1. The Morgan fingerprint density at radius 3 is 2.61 bits per heavy atom. The van der Waals surface area contributed by atoms with E-state index in [4.69, 9.17) is 4.74 Å². The monoisotopic (exact) mass is 435 g/mol. The number of rotatable bonds is 10. The minimum Gasteiger partial charge on any atom is -0.493 e. The van der Waals surface area contributed by atoms with Crippen LogP contribution in [0.3, 0.4) is 0 Å². The largest absolute Gasteiger partial charge is 0.493 e. The van der Waals surface area contributed by atoms with Crippen molar-refractivity contribution in [2.45, 2.75) is 31.8 Å². The molecule has 0 saturated carbocycles. The van der Waals surface area contributed by atoms with Gasteiger partial charge in [-0.2, -0.15) is 0 Å². The quantitative estimate of drug-likeness (QED) is 0.481. The maximum absolute atomic E-state index is 12.3. The first-order chi connectivity index (χ1) is 15.2. The second kappa shape index (κ2) is 10.6. The molecule has 0 radical (unpaired) electrons. The number of nitrogens with one attached hydrogen (secondary N) is 1. The molecular formula is C26H29NO3S. The predicted molar refractivity (Wildman–Crippen MR) is 124 cm³/mol. The molecule has 1 amide bonds. The Morgan fingerprint density at radius 1 is 1.06 bits per heavy atom. The highest BCUT2D eigenvalue weighted by Crippen LogP contribution is 2.27. The van der Waals surface area contributed by atoms with Gasteiger partial charge in [-0.25, -0.2) is 0 Å². The van der Waals surface area contributed by atoms with Gasteiger partial charge >= 0.3 is 0 Å². The van der Waals surface area contributed by atoms with Gasteiger partial charge in [-0.1, -0.05) is 48.5 Å². The highest BCUT2D eigenvalue weighted by Gasteiger charge is 2.34. The average molecular weight is 436 g/mol. The van der Waals surface area contributed by atoms with E-state index in [1.807, 2.05) is 54.6 Å². The Balaban J connectivity index is 1.26. The summed E-state index contributed by atoms with van der Waals surface area (Å²) < 4.78 is 6.00. The maximum atomic E-state index is 12.3. The molecule has 162 valence electrons. The van der Waals surface area contributed by atoms with Crippen molar-refractivity contribution in [1.29, 1.82) is 0 Å². The third kappa shape index (κ3) is 5.96. The van der Waals surface area contributed by atoms with Crippen molar-refractivity contribution in [3.63, 3.8) is 0 Å². The zero-order valence-corrected chi connectivity index (χ0v) is 18.4. The minimum atomic E-state index is -0.541. The second-order valence-electron chi connectivity index (χ2n) is 8.17. The fraction of sp³-hybridized carbons (Fsp3) is 0.346. The molecule has 1 fully saturated rings. The van der Waals surface area contributed by atoms with E-state index in [2.05, 4.69) is 22.8 Å². The molecule has 1 unspecified atom stereocenters. The van der Waals surface area contributed by atoms with Crippen molar-refractivity contribution in [3.8, 4) is 5.75 Å². The molecule has 2 heterocycles. The molecule has 2 N–H and O–H groups in total. The molecule has 1 aliphatic heterocycles. The molecule has 3 atom stereocenters. The highest BCUT2D eigenvalue weighted by atomic mass is 32.1. The summed E-state index contributed by atoms with van der Waals surface area (Å²) in [5.41, 5.74) is 1.99. The number of benzene rings is 2. The predicted octanol–water partition coefficient (Wildman–Crippen LogP) is 4.79. The molecule has 4 rings (SSSR count). The van der Waals surface area contributed by atoms with Crippen LogP contribution in [0.4, 0.5) is 0 Å². The first kappa shape index (κ1) is 21.6. The van der Waals surface area contributed by atoms with Crippen LogP contribution in [0.15, 0.2) is 72.1 Å². The summed E-state index contributed by atoms with van der Waals surface area (Å²) in [5, 5.41) is 15.6. The van der Waals surface area contributed by atoms with E-state index in [-0.39, 0.29) is 17.7 Å². The Morgan fingerprint density at radius 2 is 1.87 bits per heavy atom. The number of carbonyl (C=O) groups excluding carboxylic acids is 1. The van der Waals surface area contributed by atoms with Crippen molar-refractivity contribution < 1.29 is 14.6 Å². The van der Waals surface area contributed by atoms with Gasteiger partial charge in [0.15, 0.2) is 0 Å². The van der Waals surface area contributed by atoms with Gasteiger partial charge in [0.05, 0.1) is 12.7 Å². The Kier molecular flexibility index (Phi) is 7.39. The Bertz CT molecular complexity index is 941. The van der Waals surface area contributed by atoms with Crippen molar-refractivity contribution in [2.75, 3.05) is 13.2 Å². The molecule has 1 aliphatic rings. The van der Waals surface area contributed by atoms with Crippen LogP contribution < -0.4 is 10.1 Å². The first-order valence-electron chi connectivity index (χ1n) is 10.9. The van der Waals surface area contributed by atoms with Crippen molar-refractivity contribution in [3.05, 3.63) is 88.1 Å². The fourth-order valence-electron chi connectivity index (χ4n) is 4.16. The molecule has 1 aromatic heterocycles. The number of aryl methyl sites for hydroxylation is 1. The summed E-state index contributed by atoms with van der Waals surface area (Å²) in [6.07, 6.45) is 2.98. The molecule has 3 aromatic rings. The van der Waals surface area contributed by atoms with E-state index < -0.39 is 6.10 Å². The summed E-state index contributed by atoms with van der Waals surface area (Å²) in [7, 11) is 0. The van der Waals surface area contributed by atoms with Crippen molar-refractivity contribution in [2.24, 2.45) is 11.8 Å². The van der Waals surface area contributed by atoms with Gasteiger partial charge < -0.3 is 15.2 Å². The standard InChI is InChI=1S/C26H29NO3S/c28-25(16-19-6-2-1-3-7-19)20-11-13-22(14-12-20)30-18-21-17-27-26(29)24(21)10-4-8-23-9-5-15-31-23/h1-3,5-7,9,11-15,21,24-25,28H,4,8,10,16-18H2,(H,27,29)/t21-,24-,25?/m1/s1. The number of amides is 1. The summed E-state index contributed by atoms with van der Waals surface area (Å²) in [6.45, 7) is 1.20. The zero-order valence-electron chi connectivity index (χ0n) is 17.6. The summed E-state index contributed by atoms with van der Waals surface area (Å²) in [5.74, 6) is 1.14. The van der Waals surface area contributed by atoms with Crippen LogP contribution in [0.5, 0.6) is 5.75 Å². The van der Waals surface area contributed by atoms with Crippen molar-refractivity contribution in [1.82, 2.24) is 5.32 Å². The average Bonchev–Trinajstić information content (AvgIpc) is 3.44. The van der Waals surface area contributed by atoms with E-state index in [0.717, 1.165) is 36.1 Å². The van der Waals surface area contributed by atoms with E-state index in [0.29, 0.717) is 19.6 Å². The van der Waals surface area contributed by atoms with Gasteiger partial charge in [0, 0.05) is 29.7 Å². The molecule has 5 heteroatoms. The zero-order chi connectivity index (χ0) is 21.5. The molecular weight excluding hydrogens is 406 g/mol. The minimum absolute atomic E-state index is 0.0203. The van der Waals surface area contributed by atoms with E-state index in [1.54, 1.807) is 11.3 Å². The van der Waals surface area contributed by atoms with Crippen LogP contribution in [-0.2, 0) is 17.6 Å². The van der Waals surface area contributed by atoms with Crippen LogP contribution in [0, 0.1) is 11.8 Å². The van der Waals surface area contributed by atoms with Gasteiger partial charge in [-0.15, -0.1) is 11.3 Å². The summed E-state index contributed by atoms with van der Waals surface area (Å²) in [4.78, 5) is 13.6. The molecule has 0 spiro atoms. The lowest BCUT2D eigenvalue weighted by atomic mass is 9.91. The van der Waals surface area contributed by atoms with Crippen LogP contribution in [0.1, 0.15) is 34.9 Å².